The number of carbonyl (C=O) groups excluding carboxylic acids is 1. The summed E-state index contributed by atoms with van der Waals surface area (Å²) >= 11 is 0. The molecule has 0 saturated heterocycles. The Morgan fingerprint density at radius 3 is 2.61 bits per heavy atom. The summed E-state index contributed by atoms with van der Waals surface area (Å²) in [5, 5.41) is 0. The standard InChI is InChI=1S/C13H15NO3S/c1-9(15)8-12-11-4-2-3-5-13(11)18(16,17)14(12)10-6-7-10/h2-5,10,12H,6-8H2,1H3/t12-/m0/s1. The van der Waals surface area contributed by atoms with Crippen LogP contribution in [0.5, 0.6) is 0 Å². The quantitative estimate of drug-likeness (QED) is 0.838. The summed E-state index contributed by atoms with van der Waals surface area (Å²) in [5.41, 5.74) is 0.777. The number of ketones is 1. The second kappa shape index (κ2) is 3.90. The third kappa shape index (κ3) is 1.69. The van der Waals surface area contributed by atoms with Gasteiger partial charge in [-0.25, -0.2) is 8.42 Å². The summed E-state index contributed by atoms with van der Waals surface area (Å²) in [6, 6.07) is 6.82. The van der Waals surface area contributed by atoms with E-state index >= 15 is 0 Å². The first-order valence-corrected chi connectivity index (χ1v) is 7.57. The molecule has 0 bridgehead atoms. The molecule has 0 unspecified atom stereocenters. The molecule has 1 fully saturated rings. The van der Waals surface area contributed by atoms with Gasteiger partial charge >= 0.3 is 0 Å². The van der Waals surface area contributed by atoms with Crippen molar-refractivity contribution < 1.29 is 13.2 Å². The molecule has 1 aromatic rings. The van der Waals surface area contributed by atoms with Crippen LogP contribution in [0, 0.1) is 0 Å². The number of benzene rings is 1. The van der Waals surface area contributed by atoms with Gasteiger partial charge < -0.3 is 0 Å². The lowest BCUT2D eigenvalue weighted by Crippen LogP contribution is -2.31. The summed E-state index contributed by atoms with van der Waals surface area (Å²) in [4.78, 5) is 11.8. The molecule has 0 aromatic heterocycles. The van der Waals surface area contributed by atoms with E-state index in [2.05, 4.69) is 0 Å². The van der Waals surface area contributed by atoms with Crippen molar-refractivity contribution >= 4 is 15.8 Å². The summed E-state index contributed by atoms with van der Waals surface area (Å²) < 4.78 is 26.5. The Morgan fingerprint density at radius 2 is 2.00 bits per heavy atom. The molecule has 1 aliphatic heterocycles. The van der Waals surface area contributed by atoms with E-state index < -0.39 is 10.0 Å². The third-order valence-corrected chi connectivity index (χ3v) is 5.56. The second-order valence-corrected chi connectivity index (χ2v) is 6.84. The smallest absolute Gasteiger partial charge is 0.244 e. The van der Waals surface area contributed by atoms with Gasteiger partial charge in [-0.15, -0.1) is 0 Å². The van der Waals surface area contributed by atoms with Gasteiger partial charge in [0.05, 0.1) is 10.9 Å². The van der Waals surface area contributed by atoms with Crippen molar-refractivity contribution in [2.75, 3.05) is 0 Å². The zero-order valence-corrected chi connectivity index (χ0v) is 11.0. The minimum absolute atomic E-state index is 0.0255. The summed E-state index contributed by atoms with van der Waals surface area (Å²) in [5.74, 6) is 0.0255. The molecule has 1 heterocycles. The first-order chi connectivity index (χ1) is 8.51. The van der Waals surface area contributed by atoms with Crippen molar-refractivity contribution in [1.82, 2.24) is 4.31 Å². The third-order valence-electron chi connectivity index (χ3n) is 3.53. The van der Waals surface area contributed by atoms with Gasteiger partial charge in [-0.1, -0.05) is 18.2 Å². The van der Waals surface area contributed by atoms with Crippen molar-refractivity contribution in [2.45, 2.75) is 43.2 Å². The molecule has 3 rings (SSSR count). The molecule has 5 heteroatoms. The molecule has 2 aliphatic rings. The molecule has 96 valence electrons. The largest absolute Gasteiger partial charge is 0.300 e. The molecule has 0 amide bonds. The van der Waals surface area contributed by atoms with E-state index in [9.17, 15) is 13.2 Å². The lowest BCUT2D eigenvalue weighted by molar-refractivity contribution is -0.117. The Balaban J connectivity index is 2.13. The Hall–Kier alpha value is -1.20. The fraction of sp³-hybridized carbons (Fsp3) is 0.462. The fourth-order valence-corrected chi connectivity index (χ4v) is 4.77. The van der Waals surface area contributed by atoms with Crippen LogP contribution in [0.25, 0.3) is 0 Å². The highest BCUT2D eigenvalue weighted by Gasteiger charge is 2.49. The Bertz CT molecular complexity index is 604. The van der Waals surface area contributed by atoms with Crippen LogP contribution in [0.1, 0.15) is 37.8 Å². The van der Waals surface area contributed by atoms with Gasteiger partial charge in [0, 0.05) is 12.5 Å². The molecule has 1 atom stereocenters. The van der Waals surface area contributed by atoms with Crippen LogP contribution in [0.4, 0.5) is 0 Å². The maximum absolute atomic E-state index is 12.5. The molecule has 0 radical (unpaired) electrons. The number of hydrogen-bond donors (Lipinski definition) is 0. The molecular weight excluding hydrogens is 250 g/mol. The minimum atomic E-state index is -3.40. The van der Waals surface area contributed by atoms with Gasteiger partial charge in [0.25, 0.3) is 0 Å². The lowest BCUT2D eigenvalue weighted by atomic mass is 10.0. The monoisotopic (exact) mass is 265 g/mol. The molecule has 1 aliphatic carbocycles. The summed E-state index contributed by atoms with van der Waals surface area (Å²) in [6.45, 7) is 1.51. The highest BCUT2D eigenvalue weighted by atomic mass is 32.2. The Labute approximate surface area is 107 Å². The first-order valence-electron chi connectivity index (χ1n) is 6.13. The van der Waals surface area contributed by atoms with Crippen molar-refractivity contribution in [3.63, 3.8) is 0 Å². The molecular formula is C13H15NO3S. The highest BCUT2D eigenvalue weighted by Crippen LogP contribution is 2.47. The number of fused-ring (bicyclic) bond motifs is 1. The van der Waals surface area contributed by atoms with Gasteiger partial charge in [-0.2, -0.15) is 4.31 Å². The van der Waals surface area contributed by atoms with Crippen molar-refractivity contribution in [2.24, 2.45) is 0 Å². The zero-order chi connectivity index (χ0) is 12.9. The number of carbonyl (C=O) groups is 1. The molecule has 0 spiro atoms. The van der Waals surface area contributed by atoms with Gasteiger partial charge in [0.1, 0.15) is 5.78 Å². The van der Waals surface area contributed by atoms with Crippen LogP contribution >= 0.6 is 0 Å². The van der Waals surface area contributed by atoms with E-state index in [4.69, 9.17) is 0 Å². The van der Waals surface area contributed by atoms with Crippen LogP contribution in [-0.2, 0) is 14.8 Å². The van der Waals surface area contributed by atoms with Crippen molar-refractivity contribution in [1.29, 1.82) is 0 Å². The predicted octanol–water partition coefficient (Wildman–Crippen LogP) is 1.87. The number of hydrogen-bond acceptors (Lipinski definition) is 3. The lowest BCUT2D eigenvalue weighted by Gasteiger charge is -2.22. The van der Waals surface area contributed by atoms with Gasteiger partial charge in [-0.05, 0) is 31.4 Å². The molecule has 0 N–H and O–H groups in total. The van der Waals surface area contributed by atoms with Gasteiger partial charge in [0.2, 0.25) is 10.0 Å². The fourth-order valence-electron chi connectivity index (χ4n) is 2.66. The molecule has 1 saturated carbocycles. The highest BCUT2D eigenvalue weighted by molar-refractivity contribution is 7.89. The minimum Gasteiger partial charge on any atom is -0.300 e. The number of sulfonamides is 1. The van der Waals surface area contributed by atoms with Gasteiger partial charge in [-0.3, -0.25) is 4.79 Å². The average Bonchev–Trinajstić information content (AvgIpc) is 3.08. The van der Waals surface area contributed by atoms with E-state index in [1.54, 1.807) is 16.4 Å². The van der Waals surface area contributed by atoms with E-state index in [1.807, 2.05) is 12.1 Å². The van der Waals surface area contributed by atoms with Crippen LogP contribution in [0.3, 0.4) is 0 Å². The van der Waals surface area contributed by atoms with Crippen molar-refractivity contribution in [3.05, 3.63) is 29.8 Å². The zero-order valence-electron chi connectivity index (χ0n) is 10.2. The molecule has 18 heavy (non-hydrogen) atoms. The van der Waals surface area contributed by atoms with Crippen LogP contribution in [0.15, 0.2) is 29.2 Å². The Morgan fingerprint density at radius 1 is 1.33 bits per heavy atom. The Kier molecular flexibility index (Phi) is 2.57. The van der Waals surface area contributed by atoms with Crippen LogP contribution in [-0.4, -0.2) is 24.5 Å². The maximum Gasteiger partial charge on any atom is 0.244 e. The van der Waals surface area contributed by atoms with Crippen LogP contribution < -0.4 is 0 Å². The topological polar surface area (TPSA) is 54.5 Å². The predicted molar refractivity (Wildman–Crippen MR) is 66.5 cm³/mol. The van der Waals surface area contributed by atoms with Gasteiger partial charge in [0.15, 0.2) is 0 Å². The normalized spacial score (nSPS) is 25.9. The summed E-state index contributed by atoms with van der Waals surface area (Å²) in [7, 11) is -3.40. The average molecular weight is 265 g/mol. The first kappa shape index (κ1) is 11.9. The number of nitrogens with zero attached hydrogens (tertiary/aromatic N) is 1. The second-order valence-electron chi connectivity index (χ2n) is 5.03. The summed E-state index contributed by atoms with van der Waals surface area (Å²) in [6.07, 6.45) is 2.08. The van der Waals surface area contributed by atoms with E-state index in [0.29, 0.717) is 4.90 Å². The SMILES string of the molecule is CC(=O)C[C@H]1c2ccccc2S(=O)(=O)N1C1CC1. The van der Waals surface area contributed by atoms with Crippen LogP contribution in [0.2, 0.25) is 0 Å². The van der Waals surface area contributed by atoms with Crippen molar-refractivity contribution in [3.8, 4) is 0 Å². The maximum atomic E-state index is 12.5. The number of Topliss-reactive ketones (excluding diaryl/α,β-unsaturated/α-hetero) is 1. The molecule has 4 nitrogen and oxygen atoms in total. The molecule has 1 aromatic carbocycles. The van der Waals surface area contributed by atoms with E-state index in [1.165, 1.54) is 6.92 Å². The van der Waals surface area contributed by atoms with E-state index in [0.717, 1.165) is 18.4 Å². The van der Waals surface area contributed by atoms with E-state index in [-0.39, 0.29) is 24.3 Å². The number of rotatable bonds is 3.